The Morgan fingerprint density at radius 1 is 0.389 bits per heavy atom. The average molecular weight is 949 g/mol. The number of ether oxygens (including phenoxy) is 1. The maximum atomic E-state index is 7.23. The van der Waals surface area contributed by atoms with E-state index in [0.717, 1.165) is 39.4 Å². The van der Waals surface area contributed by atoms with Crippen molar-refractivity contribution < 1.29 is 4.74 Å². The molecule has 3 heterocycles. The van der Waals surface area contributed by atoms with Gasteiger partial charge >= 0.3 is 0 Å². The summed E-state index contributed by atoms with van der Waals surface area (Å²) in [7, 11) is 0. The van der Waals surface area contributed by atoms with Crippen LogP contribution in [0, 0.1) is 0 Å². The van der Waals surface area contributed by atoms with Crippen molar-refractivity contribution in [2.75, 3.05) is 16.5 Å². The fourth-order valence-electron chi connectivity index (χ4n) is 10.2. The molecule has 0 bridgehead atoms. The van der Waals surface area contributed by atoms with Crippen molar-refractivity contribution in [1.29, 1.82) is 0 Å². The third-order valence-electron chi connectivity index (χ3n) is 15.0. The summed E-state index contributed by atoms with van der Waals surface area (Å²) in [5.41, 5.74) is 16.3. The summed E-state index contributed by atoms with van der Waals surface area (Å²) in [5.74, 6) is 2.43. The molecule has 0 saturated heterocycles. The molecule has 72 heavy (non-hydrogen) atoms. The van der Waals surface area contributed by atoms with Crippen LogP contribution < -0.4 is 14.5 Å². The highest BCUT2D eigenvalue weighted by molar-refractivity contribution is 6.10. The lowest BCUT2D eigenvalue weighted by Crippen LogP contribution is -2.26. The molecule has 0 unspecified atom stereocenters. The Labute approximate surface area is 429 Å². The van der Waals surface area contributed by atoms with Crippen molar-refractivity contribution in [3.8, 4) is 28.4 Å². The molecule has 0 atom stereocenters. The van der Waals surface area contributed by atoms with Gasteiger partial charge in [0.25, 0.3) is 0 Å². The van der Waals surface area contributed by atoms with Gasteiger partial charge < -0.3 is 14.5 Å². The van der Waals surface area contributed by atoms with Crippen molar-refractivity contribution in [1.82, 2.24) is 9.55 Å². The van der Waals surface area contributed by atoms with Gasteiger partial charge in [0.05, 0.1) is 22.4 Å². The van der Waals surface area contributed by atoms with Gasteiger partial charge in [0.2, 0.25) is 0 Å². The number of anilines is 4. The minimum Gasteiger partial charge on any atom is -0.457 e. The zero-order chi connectivity index (χ0) is 51.1. The third-order valence-corrected chi connectivity index (χ3v) is 15.0. The largest absolute Gasteiger partial charge is 0.457 e. The molecule has 7 aromatic carbocycles. The Balaban J connectivity index is 1.15. The van der Waals surface area contributed by atoms with Gasteiger partial charge in [-0.1, -0.05) is 176 Å². The van der Waals surface area contributed by atoms with E-state index >= 15 is 0 Å². The minimum atomic E-state index is -0.343. The van der Waals surface area contributed by atoms with Crippen LogP contribution in [0.5, 0.6) is 11.5 Å². The smallest absolute Gasteiger partial charge is 0.137 e. The van der Waals surface area contributed by atoms with E-state index in [4.69, 9.17) is 9.72 Å². The van der Waals surface area contributed by atoms with Crippen LogP contribution in [0.4, 0.5) is 22.7 Å². The van der Waals surface area contributed by atoms with Crippen molar-refractivity contribution in [3.63, 3.8) is 0 Å². The summed E-state index contributed by atoms with van der Waals surface area (Å²) in [6.45, 7) is 32.9. The van der Waals surface area contributed by atoms with E-state index in [1.54, 1.807) is 0 Å². The molecule has 1 aliphatic rings. The predicted molar refractivity (Wildman–Crippen MR) is 306 cm³/mol. The third kappa shape index (κ3) is 9.19. The van der Waals surface area contributed by atoms with Crippen molar-refractivity contribution in [2.24, 2.45) is 0 Å². The Morgan fingerprint density at radius 2 is 0.986 bits per heavy atom. The van der Waals surface area contributed by atoms with Crippen LogP contribution in [0.3, 0.4) is 0 Å². The number of pyridine rings is 1. The highest BCUT2D eigenvalue weighted by Crippen LogP contribution is 2.49. The van der Waals surface area contributed by atoms with E-state index in [1.165, 1.54) is 67.0 Å². The lowest BCUT2D eigenvalue weighted by atomic mass is 9.78. The number of fused-ring (bicyclic) bond motifs is 4. The first-order chi connectivity index (χ1) is 33.9. The molecule has 9 aromatic rings. The molecule has 1 aliphatic heterocycles. The van der Waals surface area contributed by atoms with Gasteiger partial charge in [0.15, 0.2) is 0 Å². The number of hydrogen-bond acceptors (Lipinski definition) is 4. The van der Waals surface area contributed by atoms with Crippen LogP contribution in [0.15, 0.2) is 170 Å². The van der Waals surface area contributed by atoms with Gasteiger partial charge in [-0.2, -0.15) is 0 Å². The summed E-state index contributed by atoms with van der Waals surface area (Å²) in [5, 5.41) is 2.32. The Morgan fingerprint density at radius 3 is 1.64 bits per heavy atom. The summed E-state index contributed by atoms with van der Waals surface area (Å²) >= 11 is 0. The first-order valence-electron chi connectivity index (χ1n) is 25.8. The van der Waals surface area contributed by atoms with Crippen LogP contribution in [-0.4, -0.2) is 16.2 Å². The highest BCUT2D eigenvalue weighted by Gasteiger charge is 2.34. The summed E-state index contributed by atoms with van der Waals surface area (Å²) < 4.78 is 9.54. The number of benzene rings is 7. The van der Waals surface area contributed by atoms with Crippen LogP contribution >= 0.6 is 0 Å². The molecule has 10 rings (SSSR count). The zero-order valence-corrected chi connectivity index (χ0v) is 45.1. The molecule has 2 aromatic heterocycles. The summed E-state index contributed by atoms with van der Waals surface area (Å²) in [6.07, 6.45) is 1.95. The summed E-state index contributed by atoms with van der Waals surface area (Å²) in [6, 6.07) is 60.4. The molecule has 0 fully saturated rings. The maximum absolute atomic E-state index is 7.23. The topological polar surface area (TPSA) is 33.5 Å². The number of hydrogen-bond donors (Lipinski definition) is 0. The second-order valence-corrected chi connectivity index (χ2v) is 24.8. The number of nitrogens with zero attached hydrogens (tertiary/aromatic N) is 4. The van der Waals surface area contributed by atoms with Gasteiger partial charge in [0.1, 0.15) is 24.0 Å². The SMILES string of the molecule is CC(C)(C)c1cc(N2CN(c3cc(Oc4ccc5c6cc(-c7ccccc7)ccc6n(-c6cc(C(C)(C)C)ccn6)c5c4)cc(C(C)(C)c4ccccc4)c3)c3cc(C(C)(C)C)ccc32)cc(C(C)(C)C)c1. The maximum Gasteiger partial charge on any atom is 0.137 e. The van der Waals surface area contributed by atoms with Gasteiger partial charge in [0, 0.05) is 45.9 Å². The number of rotatable bonds is 8. The fourth-order valence-corrected chi connectivity index (χ4v) is 10.2. The van der Waals surface area contributed by atoms with Crippen molar-refractivity contribution in [2.45, 2.75) is 124 Å². The second-order valence-electron chi connectivity index (χ2n) is 24.8. The van der Waals surface area contributed by atoms with E-state index in [2.05, 4.69) is 275 Å². The molecule has 0 N–H and O–H groups in total. The molecular formula is C67H72N4O. The van der Waals surface area contributed by atoms with E-state index in [0.29, 0.717) is 6.67 Å². The molecular weight excluding hydrogens is 877 g/mol. The van der Waals surface area contributed by atoms with Crippen LogP contribution in [-0.2, 0) is 27.1 Å². The monoisotopic (exact) mass is 949 g/mol. The first kappa shape index (κ1) is 48.5. The van der Waals surface area contributed by atoms with E-state index in [1.807, 2.05) is 6.20 Å². The second kappa shape index (κ2) is 17.6. The van der Waals surface area contributed by atoms with E-state index in [-0.39, 0.29) is 27.1 Å². The Hall–Kier alpha value is -7.11. The van der Waals surface area contributed by atoms with Crippen molar-refractivity contribution in [3.05, 3.63) is 203 Å². The fraction of sp³-hybridized carbons (Fsp3) is 0.299. The van der Waals surface area contributed by atoms with Gasteiger partial charge in [-0.15, -0.1) is 0 Å². The van der Waals surface area contributed by atoms with E-state index < -0.39 is 0 Å². The van der Waals surface area contributed by atoms with Crippen LogP contribution in [0.1, 0.15) is 130 Å². The lowest BCUT2D eigenvalue weighted by molar-refractivity contribution is 0.480. The molecule has 0 aliphatic carbocycles. The molecule has 0 amide bonds. The molecule has 0 saturated carbocycles. The van der Waals surface area contributed by atoms with Gasteiger partial charge in [-0.05, 0) is 139 Å². The molecule has 5 nitrogen and oxygen atoms in total. The normalized spacial score (nSPS) is 13.6. The summed E-state index contributed by atoms with van der Waals surface area (Å²) in [4.78, 5) is 10.0. The van der Waals surface area contributed by atoms with Crippen molar-refractivity contribution >= 4 is 44.6 Å². The van der Waals surface area contributed by atoms with E-state index in [9.17, 15) is 0 Å². The molecule has 366 valence electrons. The molecule has 0 spiro atoms. The van der Waals surface area contributed by atoms with Gasteiger partial charge in [-0.25, -0.2) is 4.98 Å². The standard InChI is InChI=1S/C67H72N4O/c1-63(2,3)47-26-30-59-61(39-47)70(43-69(59)52-35-49(65(7,8)9)34-50(36-52)66(10,11)12)53-37-51(67(13,14)46-23-19-16-20-24-46)38-55(41-53)72-54-27-28-56-57-33-45(44-21-17-15-18-22-44)25-29-58(57)71(60(56)42-54)62-40-48(31-32-68-62)64(4,5)6/h15-42H,43H2,1-14H3. The highest BCUT2D eigenvalue weighted by atomic mass is 16.5. The minimum absolute atomic E-state index is 0.0204. The quantitative estimate of drug-likeness (QED) is 0.152. The number of aromatic nitrogens is 2. The first-order valence-corrected chi connectivity index (χ1v) is 25.8. The molecule has 0 radical (unpaired) electrons. The molecule has 5 heteroatoms. The average Bonchev–Trinajstić information content (AvgIpc) is 3.88. The Kier molecular flexibility index (Phi) is 11.8. The van der Waals surface area contributed by atoms with Crippen LogP contribution in [0.2, 0.25) is 0 Å². The Bertz CT molecular complexity index is 3450. The van der Waals surface area contributed by atoms with Crippen LogP contribution in [0.25, 0.3) is 38.8 Å². The zero-order valence-electron chi connectivity index (χ0n) is 45.1. The van der Waals surface area contributed by atoms with Gasteiger partial charge in [-0.3, -0.25) is 4.57 Å². The predicted octanol–water partition coefficient (Wildman–Crippen LogP) is 18.4. The lowest BCUT2D eigenvalue weighted by Gasteiger charge is -2.30.